The summed E-state index contributed by atoms with van der Waals surface area (Å²) in [4.78, 5) is 54.0. The highest BCUT2D eigenvalue weighted by Gasteiger charge is 2.34. The first-order chi connectivity index (χ1) is 26.2. The number of aromatic amines is 1. The normalized spacial score (nSPS) is 13.2. The molecule has 4 rings (SSSR count). The van der Waals surface area contributed by atoms with Crippen molar-refractivity contribution in [1.29, 1.82) is 0 Å². The van der Waals surface area contributed by atoms with E-state index in [4.69, 9.17) is 24.0 Å². The van der Waals surface area contributed by atoms with Crippen LogP contribution >= 0.6 is 0 Å². The molecule has 13 heteroatoms. The summed E-state index contributed by atoms with van der Waals surface area (Å²) in [5.41, 5.74) is 3.84. The molecule has 1 amide bonds. The van der Waals surface area contributed by atoms with E-state index in [0.717, 1.165) is 40.9 Å². The molecule has 55 heavy (non-hydrogen) atoms. The molecule has 1 unspecified atom stereocenters. The molecule has 0 bridgehead atoms. The summed E-state index contributed by atoms with van der Waals surface area (Å²) in [7, 11) is 1.61. The van der Waals surface area contributed by atoms with Crippen LogP contribution in [0.5, 0.6) is 0 Å². The third-order valence-corrected chi connectivity index (χ3v) is 8.90. The Kier molecular flexibility index (Phi) is 16.1. The van der Waals surface area contributed by atoms with Gasteiger partial charge in [-0.05, 0) is 84.6 Å². The van der Waals surface area contributed by atoms with Crippen molar-refractivity contribution >= 4 is 29.3 Å². The molecule has 0 saturated carbocycles. The van der Waals surface area contributed by atoms with Crippen LogP contribution in [0.2, 0.25) is 0 Å². The molecule has 1 aliphatic heterocycles. The lowest BCUT2D eigenvalue weighted by molar-refractivity contribution is -0.744. The van der Waals surface area contributed by atoms with Gasteiger partial charge in [-0.25, -0.2) is 0 Å². The van der Waals surface area contributed by atoms with Crippen molar-refractivity contribution in [2.75, 3.05) is 38.4 Å². The predicted octanol–water partition coefficient (Wildman–Crippen LogP) is 5.87. The molecule has 300 valence electrons. The summed E-state index contributed by atoms with van der Waals surface area (Å²) >= 11 is 0. The van der Waals surface area contributed by atoms with Crippen molar-refractivity contribution in [3.63, 3.8) is 0 Å². The van der Waals surface area contributed by atoms with Gasteiger partial charge in [-0.2, -0.15) is 4.68 Å². The van der Waals surface area contributed by atoms with Gasteiger partial charge in [0.05, 0.1) is 37.4 Å². The van der Waals surface area contributed by atoms with Gasteiger partial charge < -0.3 is 23.8 Å². The summed E-state index contributed by atoms with van der Waals surface area (Å²) in [5, 5.41) is 11.2. The van der Waals surface area contributed by atoms with Crippen LogP contribution in [0.1, 0.15) is 98.5 Å². The number of nitrogens with zero attached hydrogens (tertiary/aromatic N) is 3. The SMILES string of the molecule is COCCOCCCC(=O)CC(=O)N1Cc2ccccc2-c2n[nH][n+](CCOC(=O)CCCCCC(NC(C)(C)C)C(=O)OC(C)(C)C)c2-c2ccccc21. The highest BCUT2D eigenvalue weighted by molar-refractivity contribution is 6.07. The number of fused-ring (bicyclic) bond motifs is 5. The largest absolute Gasteiger partial charge is 0.461 e. The van der Waals surface area contributed by atoms with Gasteiger partial charge in [-0.15, -0.1) is 0 Å². The minimum absolute atomic E-state index is 0.116. The number of rotatable bonds is 20. The van der Waals surface area contributed by atoms with Crippen molar-refractivity contribution in [2.24, 2.45) is 0 Å². The summed E-state index contributed by atoms with van der Waals surface area (Å²) in [6, 6.07) is 15.0. The molecular formula is C42H60N5O8+. The van der Waals surface area contributed by atoms with Crippen LogP contribution in [0, 0.1) is 0 Å². The van der Waals surface area contributed by atoms with E-state index < -0.39 is 11.6 Å². The molecular weight excluding hydrogens is 702 g/mol. The average molecular weight is 763 g/mol. The van der Waals surface area contributed by atoms with Crippen LogP contribution in [-0.2, 0) is 51.2 Å². The first kappa shape index (κ1) is 43.3. The number of nitrogens with one attached hydrogen (secondary N) is 2. The van der Waals surface area contributed by atoms with Crippen molar-refractivity contribution in [3.8, 4) is 22.5 Å². The summed E-state index contributed by atoms with van der Waals surface area (Å²) in [5.74, 6) is -0.991. The van der Waals surface area contributed by atoms with E-state index in [1.54, 1.807) is 12.0 Å². The van der Waals surface area contributed by atoms with Crippen LogP contribution < -0.4 is 14.9 Å². The highest BCUT2D eigenvalue weighted by atomic mass is 16.6. The Morgan fingerprint density at radius 2 is 1.60 bits per heavy atom. The molecule has 2 N–H and O–H groups in total. The van der Waals surface area contributed by atoms with Gasteiger partial charge in [0.1, 0.15) is 30.6 Å². The second-order valence-corrected chi connectivity index (χ2v) is 15.9. The lowest BCUT2D eigenvalue weighted by Gasteiger charge is -2.30. The number of aromatic nitrogens is 3. The van der Waals surface area contributed by atoms with E-state index >= 15 is 0 Å². The zero-order valence-electron chi connectivity index (χ0n) is 33.7. The molecule has 0 radical (unpaired) electrons. The number of para-hydroxylation sites is 1. The number of unbranched alkanes of at least 4 members (excludes halogenated alkanes) is 2. The third-order valence-electron chi connectivity index (χ3n) is 8.90. The van der Waals surface area contributed by atoms with Crippen molar-refractivity contribution in [2.45, 2.75) is 123 Å². The van der Waals surface area contributed by atoms with Crippen LogP contribution in [0.4, 0.5) is 5.69 Å². The van der Waals surface area contributed by atoms with Gasteiger partial charge in [0.2, 0.25) is 11.6 Å². The van der Waals surface area contributed by atoms with E-state index in [9.17, 15) is 19.2 Å². The standard InChI is InChI=1S/C42H59N5O8/c1-41(2,3)43-34(40(51)55-42(4,5)6)20-9-8-10-22-37(50)54-25-23-47-39-33-19-13-14-21-35(33)46(29-30-16-11-12-18-32(30)38(39)44-45-47)36(49)28-31(48)17-15-24-53-27-26-52-7/h11-14,16,18-19,21,34,43H,8-10,15,17,20,22-29H2,1-7H3/p+1. The van der Waals surface area contributed by atoms with Gasteiger partial charge in [-0.3, -0.25) is 24.5 Å². The second kappa shape index (κ2) is 20.5. The maximum absolute atomic E-state index is 13.8. The van der Waals surface area contributed by atoms with Gasteiger partial charge in [0.15, 0.2) is 0 Å². The van der Waals surface area contributed by atoms with Gasteiger partial charge in [0.25, 0.3) is 5.69 Å². The van der Waals surface area contributed by atoms with E-state index in [1.165, 1.54) is 0 Å². The highest BCUT2D eigenvalue weighted by Crippen LogP contribution is 2.39. The van der Waals surface area contributed by atoms with Crippen LogP contribution in [-0.4, -0.2) is 84.7 Å². The number of esters is 2. The Morgan fingerprint density at radius 1 is 0.873 bits per heavy atom. The zero-order chi connectivity index (χ0) is 40.0. The lowest BCUT2D eigenvalue weighted by Crippen LogP contribution is -2.49. The van der Waals surface area contributed by atoms with Crippen LogP contribution in [0.3, 0.4) is 0 Å². The second-order valence-electron chi connectivity index (χ2n) is 15.9. The quantitative estimate of drug-likeness (QED) is 0.0619. The van der Waals surface area contributed by atoms with Crippen molar-refractivity contribution in [1.82, 2.24) is 15.6 Å². The first-order valence-electron chi connectivity index (χ1n) is 19.4. The number of carbonyl (C=O) groups excluding carboxylic acids is 4. The fourth-order valence-corrected chi connectivity index (χ4v) is 6.47. The number of hydrogen-bond donors (Lipinski definition) is 2. The number of hydrogen-bond acceptors (Lipinski definition) is 10. The number of carbonyl (C=O) groups is 4. The Hall–Kier alpha value is -4.46. The van der Waals surface area contributed by atoms with E-state index in [-0.39, 0.29) is 61.6 Å². The number of anilines is 1. The Bertz CT molecular complexity index is 1740. The van der Waals surface area contributed by atoms with Crippen LogP contribution in [0.25, 0.3) is 22.5 Å². The molecule has 0 saturated heterocycles. The fourth-order valence-electron chi connectivity index (χ4n) is 6.47. The molecule has 1 atom stereocenters. The monoisotopic (exact) mass is 762 g/mol. The van der Waals surface area contributed by atoms with E-state index in [1.807, 2.05) is 94.8 Å². The molecule has 2 heterocycles. The molecule has 1 aliphatic rings. The molecule has 0 spiro atoms. The Balaban J connectivity index is 1.38. The molecule has 1 aromatic heterocycles. The number of H-pyrrole nitrogens is 1. The zero-order valence-corrected chi connectivity index (χ0v) is 33.7. The minimum atomic E-state index is -0.569. The molecule has 0 fully saturated rings. The smallest absolute Gasteiger partial charge is 0.323 e. The Morgan fingerprint density at radius 3 is 2.33 bits per heavy atom. The van der Waals surface area contributed by atoms with Gasteiger partial charge in [-0.1, -0.05) is 48.4 Å². The number of amides is 1. The number of Topliss-reactive ketones (excluding diaryl/α,β-unsaturated/α-hetero) is 1. The predicted molar refractivity (Wildman–Crippen MR) is 209 cm³/mol. The first-order valence-corrected chi connectivity index (χ1v) is 19.4. The lowest BCUT2D eigenvalue weighted by atomic mass is 9.95. The summed E-state index contributed by atoms with van der Waals surface area (Å²) in [6.45, 7) is 13.7. The fraction of sp³-hybridized carbons (Fsp3) is 0.571. The average Bonchev–Trinajstić information content (AvgIpc) is 3.52. The van der Waals surface area contributed by atoms with Crippen molar-refractivity contribution < 1.29 is 42.8 Å². The maximum atomic E-state index is 13.8. The summed E-state index contributed by atoms with van der Waals surface area (Å²) < 4.78 is 23.6. The van der Waals surface area contributed by atoms with E-state index in [0.29, 0.717) is 51.3 Å². The molecule has 2 aromatic carbocycles. The van der Waals surface area contributed by atoms with Crippen LogP contribution in [0.15, 0.2) is 48.5 Å². The maximum Gasteiger partial charge on any atom is 0.323 e. The molecule has 3 aromatic rings. The number of benzene rings is 2. The minimum Gasteiger partial charge on any atom is -0.461 e. The number of ether oxygens (including phenoxy) is 4. The van der Waals surface area contributed by atoms with E-state index in [2.05, 4.69) is 10.5 Å². The molecule has 13 nitrogen and oxygen atoms in total. The topological polar surface area (TPSA) is 153 Å². The molecule has 0 aliphatic carbocycles. The van der Waals surface area contributed by atoms with Gasteiger partial charge >= 0.3 is 11.9 Å². The summed E-state index contributed by atoms with van der Waals surface area (Å²) in [6.07, 6.45) is 3.60. The van der Waals surface area contributed by atoms with Gasteiger partial charge in [0, 0.05) is 42.8 Å². The third kappa shape index (κ3) is 13.7. The van der Waals surface area contributed by atoms with Crippen molar-refractivity contribution in [3.05, 3.63) is 54.1 Å². The number of ketones is 1. The number of methoxy groups -OCH3 is 1. The Labute approximate surface area is 325 Å².